The van der Waals surface area contributed by atoms with Crippen molar-refractivity contribution in [3.8, 4) is 0 Å². The van der Waals surface area contributed by atoms with Crippen LogP contribution in [-0.2, 0) is 5.54 Å². The van der Waals surface area contributed by atoms with Gasteiger partial charge in [0.2, 0.25) is 0 Å². The molecule has 3 nitrogen and oxygen atoms in total. The molecule has 0 radical (unpaired) electrons. The summed E-state index contributed by atoms with van der Waals surface area (Å²) in [6, 6.07) is 18.1. The van der Waals surface area contributed by atoms with Gasteiger partial charge in [-0.05, 0) is 62.5 Å². The molecule has 4 heteroatoms. The lowest BCUT2D eigenvalue weighted by molar-refractivity contribution is 0.0294. The largest absolute Gasteiger partial charge is 0.338 e. The number of hydrogen-bond acceptors (Lipinski definition) is 2. The standard InChI is InChI=1S/C22H25ClN2O/c23-20-10-6-7-18(17-20)21(26)24-15-11-22(12-16-24,25-13-4-5-14-25)19-8-2-1-3-9-19/h1-3,6-10,17H,4-5,11-16H2. The van der Waals surface area contributed by atoms with Crippen LogP contribution in [0.4, 0.5) is 0 Å². The molecule has 0 bridgehead atoms. The second-order valence-electron chi connectivity index (χ2n) is 7.39. The third kappa shape index (κ3) is 3.26. The average molecular weight is 369 g/mol. The molecule has 0 atom stereocenters. The van der Waals surface area contributed by atoms with Gasteiger partial charge in [0, 0.05) is 29.2 Å². The van der Waals surface area contributed by atoms with Crippen molar-refractivity contribution < 1.29 is 4.79 Å². The maximum absolute atomic E-state index is 12.9. The van der Waals surface area contributed by atoms with Gasteiger partial charge in [0.25, 0.3) is 5.91 Å². The van der Waals surface area contributed by atoms with Crippen molar-refractivity contribution in [1.82, 2.24) is 9.80 Å². The molecule has 0 saturated carbocycles. The average Bonchev–Trinajstić information content (AvgIpc) is 3.23. The topological polar surface area (TPSA) is 23.6 Å². The quantitative estimate of drug-likeness (QED) is 0.792. The van der Waals surface area contributed by atoms with E-state index in [-0.39, 0.29) is 11.4 Å². The summed E-state index contributed by atoms with van der Waals surface area (Å²) in [7, 11) is 0. The Morgan fingerprint density at radius 3 is 2.23 bits per heavy atom. The molecule has 26 heavy (non-hydrogen) atoms. The first-order valence-corrected chi connectivity index (χ1v) is 9.92. The van der Waals surface area contributed by atoms with Gasteiger partial charge in [0.15, 0.2) is 0 Å². The third-order valence-electron chi connectivity index (χ3n) is 5.97. The summed E-state index contributed by atoms with van der Waals surface area (Å²) in [6.45, 7) is 3.90. The summed E-state index contributed by atoms with van der Waals surface area (Å²) in [5.74, 6) is 0.0931. The van der Waals surface area contributed by atoms with Gasteiger partial charge >= 0.3 is 0 Å². The van der Waals surface area contributed by atoms with Crippen molar-refractivity contribution in [2.24, 2.45) is 0 Å². The molecule has 0 aromatic heterocycles. The number of carbonyl (C=O) groups excluding carboxylic acids is 1. The van der Waals surface area contributed by atoms with Crippen molar-refractivity contribution in [2.45, 2.75) is 31.2 Å². The number of benzene rings is 2. The molecular formula is C22H25ClN2O. The highest BCUT2D eigenvalue weighted by Gasteiger charge is 2.42. The van der Waals surface area contributed by atoms with E-state index in [0.717, 1.165) is 39.0 Å². The first-order chi connectivity index (χ1) is 12.7. The van der Waals surface area contributed by atoms with Crippen LogP contribution in [0.1, 0.15) is 41.6 Å². The van der Waals surface area contributed by atoms with Crippen molar-refractivity contribution in [2.75, 3.05) is 26.2 Å². The molecule has 136 valence electrons. The Bertz CT molecular complexity index is 763. The summed E-state index contributed by atoms with van der Waals surface area (Å²) in [5.41, 5.74) is 2.16. The molecule has 1 amide bonds. The zero-order chi connectivity index (χ0) is 18.0. The molecule has 2 aliphatic rings. The summed E-state index contributed by atoms with van der Waals surface area (Å²) in [5, 5.41) is 0.614. The minimum atomic E-state index is 0.0723. The lowest BCUT2D eigenvalue weighted by Crippen LogP contribution is -2.53. The van der Waals surface area contributed by atoms with Gasteiger partial charge in [-0.15, -0.1) is 0 Å². The van der Waals surface area contributed by atoms with Gasteiger partial charge in [-0.25, -0.2) is 0 Å². The number of likely N-dealkylation sites (tertiary alicyclic amines) is 2. The number of nitrogens with zero attached hydrogens (tertiary/aromatic N) is 2. The third-order valence-corrected chi connectivity index (χ3v) is 6.21. The number of halogens is 1. The van der Waals surface area contributed by atoms with E-state index in [9.17, 15) is 4.79 Å². The van der Waals surface area contributed by atoms with Crippen molar-refractivity contribution in [3.05, 3.63) is 70.7 Å². The zero-order valence-electron chi connectivity index (χ0n) is 15.0. The van der Waals surface area contributed by atoms with E-state index in [4.69, 9.17) is 11.6 Å². The fraction of sp³-hybridized carbons (Fsp3) is 0.409. The highest BCUT2D eigenvalue weighted by molar-refractivity contribution is 6.30. The Hall–Kier alpha value is -1.84. The molecule has 0 N–H and O–H groups in total. The minimum absolute atomic E-state index is 0.0723. The lowest BCUT2D eigenvalue weighted by atomic mass is 9.79. The van der Waals surface area contributed by atoms with E-state index in [0.29, 0.717) is 10.6 Å². The molecule has 2 saturated heterocycles. The zero-order valence-corrected chi connectivity index (χ0v) is 15.8. The maximum Gasteiger partial charge on any atom is 0.253 e. The van der Waals surface area contributed by atoms with E-state index in [1.807, 2.05) is 23.1 Å². The molecule has 2 aromatic rings. The number of carbonyl (C=O) groups is 1. The predicted octanol–water partition coefficient (Wildman–Crippen LogP) is 4.57. The van der Waals surface area contributed by atoms with Gasteiger partial charge in [0.1, 0.15) is 0 Å². The van der Waals surface area contributed by atoms with Gasteiger partial charge in [-0.1, -0.05) is 48.0 Å². The number of piperidine rings is 1. The lowest BCUT2D eigenvalue weighted by Gasteiger charge is -2.48. The van der Waals surface area contributed by atoms with Crippen LogP contribution in [0, 0.1) is 0 Å². The molecule has 2 fully saturated rings. The maximum atomic E-state index is 12.9. The smallest absolute Gasteiger partial charge is 0.253 e. The number of hydrogen-bond donors (Lipinski definition) is 0. The van der Waals surface area contributed by atoms with Crippen LogP contribution in [0.2, 0.25) is 5.02 Å². The normalized spacial score (nSPS) is 20.3. The van der Waals surface area contributed by atoms with Crippen LogP contribution in [0.5, 0.6) is 0 Å². The van der Waals surface area contributed by atoms with Crippen molar-refractivity contribution in [3.63, 3.8) is 0 Å². The van der Waals surface area contributed by atoms with E-state index >= 15 is 0 Å². The molecule has 0 spiro atoms. The Morgan fingerprint density at radius 1 is 0.885 bits per heavy atom. The SMILES string of the molecule is O=C(c1cccc(Cl)c1)N1CCC(c2ccccc2)(N2CCCC2)CC1. The Balaban J connectivity index is 1.55. The summed E-state index contributed by atoms with van der Waals surface area (Å²) in [4.78, 5) is 17.5. The molecule has 0 aliphatic carbocycles. The van der Waals surface area contributed by atoms with Gasteiger partial charge < -0.3 is 4.90 Å². The van der Waals surface area contributed by atoms with Gasteiger partial charge in [0.05, 0.1) is 0 Å². The van der Waals surface area contributed by atoms with Crippen molar-refractivity contribution >= 4 is 17.5 Å². The first-order valence-electron chi connectivity index (χ1n) is 9.54. The molecular weight excluding hydrogens is 344 g/mol. The number of amides is 1. The highest BCUT2D eigenvalue weighted by atomic mass is 35.5. The molecule has 2 aromatic carbocycles. The van der Waals surface area contributed by atoms with E-state index in [1.165, 1.54) is 18.4 Å². The van der Waals surface area contributed by atoms with Crippen LogP contribution in [0.25, 0.3) is 0 Å². The van der Waals surface area contributed by atoms with E-state index < -0.39 is 0 Å². The molecule has 0 unspecified atom stereocenters. The predicted molar refractivity (Wildman–Crippen MR) is 106 cm³/mol. The summed E-state index contributed by atoms with van der Waals surface area (Å²) in [6.07, 6.45) is 4.53. The summed E-state index contributed by atoms with van der Waals surface area (Å²) >= 11 is 6.06. The minimum Gasteiger partial charge on any atom is -0.338 e. The van der Waals surface area contributed by atoms with E-state index in [2.05, 4.69) is 35.2 Å². The fourth-order valence-corrected chi connectivity index (χ4v) is 4.76. The molecule has 4 rings (SSSR count). The van der Waals surface area contributed by atoms with Gasteiger partial charge in [-0.2, -0.15) is 0 Å². The fourth-order valence-electron chi connectivity index (χ4n) is 4.56. The number of rotatable bonds is 3. The van der Waals surface area contributed by atoms with Crippen LogP contribution < -0.4 is 0 Å². The van der Waals surface area contributed by atoms with Crippen molar-refractivity contribution in [1.29, 1.82) is 0 Å². The van der Waals surface area contributed by atoms with Crippen LogP contribution in [-0.4, -0.2) is 41.9 Å². The summed E-state index contributed by atoms with van der Waals surface area (Å²) < 4.78 is 0. The Kier molecular flexibility index (Phi) is 5.01. The second kappa shape index (κ2) is 7.42. The Morgan fingerprint density at radius 2 is 1.58 bits per heavy atom. The monoisotopic (exact) mass is 368 g/mol. The molecule has 2 aliphatic heterocycles. The van der Waals surface area contributed by atoms with Gasteiger partial charge in [-0.3, -0.25) is 9.69 Å². The van der Waals surface area contributed by atoms with E-state index in [1.54, 1.807) is 6.07 Å². The molecule has 2 heterocycles. The van der Waals surface area contributed by atoms with Crippen LogP contribution in [0.3, 0.4) is 0 Å². The second-order valence-corrected chi connectivity index (χ2v) is 7.83. The Labute approximate surface area is 160 Å². The highest BCUT2D eigenvalue weighted by Crippen LogP contribution is 2.41. The first kappa shape index (κ1) is 17.6. The van der Waals surface area contributed by atoms with Crippen LogP contribution in [0.15, 0.2) is 54.6 Å². The van der Waals surface area contributed by atoms with Crippen LogP contribution >= 0.6 is 11.6 Å².